The van der Waals surface area contributed by atoms with E-state index in [9.17, 15) is 4.79 Å². The number of nitrogens with zero attached hydrogens (tertiary/aromatic N) is 4. The van der Waals surface area contributed by atoms with E-state index < -0.39 is 0 Å². The second-order valence-corrected chi connectivity index (χ2v) is 5.31. The first kappa shape index (κ1) is 13.0. The number of hydrogen-bond acceptors (Lipinski definition) is 3. The van der Waals surface area contributed by atoms with Crippen LogP contribution in [0.25, 0.3) is 16.6 Å². The van der Waals surface area contributed by atoms with Gasteiger partial charge in [0.15, 0.2) is 10.7 Å². The highest BCUT2D eigenvalue weighted by molar-refractivity contribution is 6.32. The van der Waals surface area contributed by atoms with Gasteiger partial charge in [0.2, 0.25) is 0 Å². The SMILES string of the molecule is O=c1c2c(Cl)ncn2c2ccccc2n1Cc1ccccn1. The lowest BCUT2D eigenvalue weighted by atomic mass is 10.2. The lowest BCUT2D eigenvalue weighted by molar-refractivity contribution is 0.770. The molecule has 0 aliphatic carbocycles. The molecule has 0 aliphatic heterocycles. The van der Waals surface area contributed by atoms with E-state index in [1.54, 1.807) is 21.5 Å². The first-order chi connectivity index (χ1) is 10.8. The van der Waals surface area contributed by atoms with Crippen molar-refractivity contribution in [2.45, 2.75) is 6.54 Å². The van der Waals surface area contributed by atoms with Crippen LogP contribution in [0.5, 0.6) is 0 Å². The second kappa shape index (κ2) is 4.96. The normalized spacial score (nSPS) is 11.3. The van der Waals surface area contributed by atoms with Crippen molar-refractivity contribution < 1.29 is 0 Å². The third-order valence-corrected chi connectivity index (χ3v) is 3.93. The van der Waals surface area contributed by atoms with Crippen molar-refractivity contribution in [3.63, 3.8) is 0 Å². The summed E-state index contributed by atoms with van der Waals surface area (Å²) in [7, 11) is 0. The fourth-order valence-electron chi connectivity index (χ4n) is 2.64. The lowest BCUT2D eigenvalue weighted by Gasteiger charge is -2.11. The number of imidazole rings is 1. The molecule has 0 N–H and O–H groups in total. The molecule has 0 bridgehead atoms. The summed E-state index contributed by atoms with van der Waals surface area (Å²) in [5.41, 5.74) is 2.73. The molecule has 5 nitrogen and oxygen atoms in total. The highest BCUT2D eigenvalue weighted by atomic mass is 35.5. The Morgan fingerprint density at radius 2 is 1.77 bits per heavy atom. The van der Waals surface area contributed by atoms with E-state index in [0.29, 0.717) is 12.1 Å². The summed E-state index contributed by atoms with van der Waals surface area (Å²) in [6.45, 7) is 0.387. The quantitative estimate of drug-likeness (QED) is 0.572. The summed E-state index contributed by atoms with van der Waals surface area (Å²) in [4.78, 5) is 21.2. The fraction of sp³-hybridized carbons (Fsp3) is 0.0625. The van der Waals surface area contributed by atoms with E-state index in [-0.39, 0.29) is 10.7 Å². The van der Waals surface area contributed by atoms with Crippen molar-refractivity contribution in [3.8, 4) is 0 Å². The Morgan fingerprint density at radius 3 is 2.55 bits per heavy atom. The number of halogens is 1. The van der Waals surface area contributed by atoms with Gasteiger partial charge in [0.1, 0.15) is 6.33 Å². The van der Waals surface area contributed by atoms with E-state index in [1.165, 1.54) is 0 Å². The number of benzene rings is 1. The van der Waals surface area contributed by atoms with Gasteiger partial charge >= 0.3 is 0 Å². The van der Waals surface area contributed by atoms with Gasteiger partial charge in [-0.1, -0.05) is 29.8 Å². The Kier molecular flexibility index (Phi) is 2.94. The Balaban J connectivity index is 2.09. The molecule has 4 aromatic rings. The molecule has 108 valence electrons. The van der Waals surface area contributed by atoms with Crippen LogP contribution in [0.4, 0.5) is 0 Å². The zero-order valence-corrected chi connectivity index (χ0v) is 12.2. The smallest absolute Gasteiger partial charge is 0.278 e. The van der Waals surface area contributed by atoms with Gasteiger partial charge in [0, 0.05) is 6.20 Å². The van der Waals surface area contributed by atoms with E-state index in [2.05, 4.69) is 9.97 Å². The summed E-state index contributed by atoms with van der Waals surface area (Å²) in [6.07, 6.45) is 3.29. The van der Waals surface area contributed by atoms with E-state index in [1.807, 2.05) is 42.5 Å². The monoisotopic (exact) mass is 310 g/mol. The predicted octanol–water partition coefficient (Wildman–Crippen LogP) is 2.75. The number of fused-ring (bicyclic) bond motifs is 3. The van der Waals surface area contributed by atoms with Crippen molar-refractivity contribution in [2.24, 2.45) is 0 Å². The molecule has 0 aliphatic rings. The first-order valence-electron chi connectivity index (χ1n) is 6.80. The molecule has 0 saturated heterocycles. The standard InChI is InChI=1S/C16H11ClN4O/c17-15-14-16(22)20(9-11-5-3-4-8-18-11)12-6-1-2-7-13(12)21(14)10-19-15/h1-8,10H,9H2. The summed E-state index contributed by atoms with van der Waals surface area (Å²) < 4.78 is 3.41. The number of aromatic nitrogens is 4. The molecule has 6 heteroatoms. The van der Waals surface area contributed by atoms with Crippen molar-refractivity contribution >= 4 is 28.2 Å². The van der Waals surface area contributed by atoms with Crippen LogP contribution in [-0.4, -0.2) is 18.9 Å². The molecular weight excluding hydrogens is 300 g/mol. The van der Waals surface area contributed by atoms with Gasteiger partial charge < -0.3 is 0 Å². The van der Waals surface area contributed by atoms with Crippen LogP contribution in [0.15, 0.2) is 59.8 Å². The molecule has 1 aromatic carbocycles. The molecule has 0 unspecified atom stereocenters. The summed E-state index contributed by atoms with van der Waals surface area (Å²) >= 11 is 6.09. The number of hydrogen-bond donors (Lipinski definition) is 0. The van der Waals surface area contributed by atoms with Crippen LogP contribution in [0, 0.1) is 0 Å². The molecule has 4 rings (SSSR count). The summed E-state index contributed by atoms with van der Waals surface area (Å²) in [6, 6.07) is 13.3. The Labute approximate surface area is 130 Å². The molecule has 22 heavy (non-hydrogen) atoms. The molecule has 0 fully saturated rings. The fourth-order valence-corrected chi connectivity index (χ4v) is 2.86. The first-order valence-corrected chi connectivity index (χ1v) is 7.17. The lowest BCUT2D eigenvalue weighted by Crippen LogP contribution is -2.23. The van der Waals surface area contributed by atoms with Gasteiger partial charge in [-0.25, -0.2) is 4.98 Å². The van der Waals surface area contributed by atoms with Gasteiger partial charge in [0.05, 0.1) is 23.3 Å². The second-order valence-electron chi connectivity index (χ2n) is 4.96. The van der Waals surface area contributed by atoms with E-state index in [4.69, 9.17) is 11.6 Å². The third-order valence-electron chi connectivity index (χ3n) is 3.65. The largest absolute Gasteiger partial charge is 0.299 e. The molecule has 3 heterocycles. The molecule has 0 atom stereocenters. The zero-order chi connectivity index (χ0) is 15.1. The van der Waals surface area contributed by atoms with Gasteiger partial charge in [0.25, 0.3) is 5.56 Å². The van der Waals surface area contributed by atoms with E-state index >= 15 is 0 Å². The number of rotatable bonds is 2. The zero-order valence-electron chi connectivity index (χ0n) is 11.5. The van der Waals surface area contributed by atoms with Gasteiger partial charge in [-0.05, 0) is 24.3 Å². The Morgan fingerprint density at radius 1 is 1.00 bits per heavy atom. The van der Waals surface area contributed by atoms with Gasteiger partial charge in [-0.15, -0.1) is 0 Å². The van der Waals surface area contributed by atoms with Crippen molar-refractivity contribution in [2.75, 3.05) is 0 Å². The van der Waals surface area contributed by atoms with Crippen LogP contribution in [-0.2, 0) is 6.54 Å². The average Bonchev–Trinajstić information content (AvgIpc) is 2.95. The van der Waals surface area contributed by atoms with Crippen LogP contribution in [0.2, 0.25) is 5.15 Å². The third kappa shape index (κ3) is 1.90. The van der Waals surface area contributed by atoms with Gasteiger partial charge in [-0.3, -0.25) is 18.7 Å². The highest BCUT2D eigenvalue weighted by Crippen LogP contribution is 2.19. The highest BCUT2D eigenvalue weighted by Gasteiger charge is 2.14. The minimum atomic E-state index is -0.174. The van der Waals surface area contributed by atoms with E-state index in [0.717, 1.165) is 16.7 Å². The van der Waals surface area contributed by atoms with Gasteiger partial charge in [-0.2, -0.15) is 0 Å². The maximum atomic E-state index is 12.8. The van der Waals surface area contributed by atoms with Crippen LogP contribution >= 0.6 is 11.6 Å². The molecule has 0 saturated carbocycles. The molecular formula is C16H11ClN4O. The number of pyridine rings is 1. The number of para-hydroxylation sites is 2. The van der Waals surface area contributed by atoms with Crippen molar-refractivity contribution in [3.05, 3.63) is 76.2 Å². The van der Waals surface area contributed by atoms with Crippen LogP contribution in [0.1, 0.15) is 5.69 Å². The molecule has 0 amide bonds. The molecule has 0 spiro atoms. The minimum absolute atomic E-state index is 0.174. The average molecular weight is 311 g/mol. The Bertz CT molecular complexity index is 1040. The minimum Gasteiger partial charge on any atom is -0.299 e. The van der Waals surface area contributed by atoms with Crippen molar-refractivity contribution in [1.82, 2.24) is 18.9 Å². The van der Waals surface area contributed by atoms with Crippen molar-refractivity contribution in [1.29, 1.82) is 0 Å². The van der Waals surface area contributed by atoms with Crippen LogP contribution in [0.3, 0.4) is 0 Å². The van der Waals surface area contributed by atoms with Crippen LogP contribution < -0.4 is 5.56 Å². The summed E-state index contributed by atoms with van der Waals surface area (Å²) in [5, 5.41) is 0.213. The maximum absolute atomic E-state index is 12.8. The summed E-state index contributed by atoms with van der Waals surface area (Å²) in [5.74, 6) is 0. The molecule has 0 radical (unpaired) electrons. The predicted molar refractivity (Wildman–Crippen MR) is 85.3 cm³/mol. The Hall–Kier alpha value is -2.66. The molecule has 3 aromatic heterocycles. The topological polar surface area (TPSA) is 52.2 Å². The maximum Gasteiger partial charge on any atom is 0.278 e.